The van der Waals surface area contributed by atoms with Crippen LogP contribution in [0.1, 0.15) is 25.3 Å². The minimum absolute atomic E-state index is 0.178. The molecule has 0 saturated heterocycles. The van der Waals surface area contributed by atoms with Crippen LogP contribution in [0.25, 0.3) is 0 Å². The first kappa shape index (κ1) is 15.0. The Kier molecular flexibility index (Phi) is 6.80. The number of aryl methyl sites for hydroxylation is 1. The van der Waals surface area contributed by atoms with Crippen molar-refractivity contribution >= 4 is 21.9 Å². The number of hydrogen-bond donors (Lipinski definition) is 0. The van der Waals surface area contributed by atoms with Gasteiger partial charge in [0.2, 0.25) is 0 Å². The summed E-state index contributed by atoms with van der Waals surface area (Å²) in [5, 5.41) is 0. The van der Waals surface area contributed by atoms with Crippen molar-refractivity contribution in [2.45, 2.75) is 31.0 Å². The summed E-state index contributed by atoms with van der Waals surface area (Å²) in [6.45, 7) is 2.24. The largest absolute Gasteiger partial charge is 0.497 e. The van der Waals surface area contributed by atoms with Crippen LogP contribution in [0, 0.1) is 0 Å². The number of esters is 1. The molecule has 0 aliphatic rings. The van der Waals surface area contributed by atoms with Crippen molar-refractivity contribution < 1.29 is 14.3 Å². The lowest BCUT2D eigenvalue weighted by Crippen LogP contribution is -2.17. The van der Waals surface area contributed by atoms with E-state index >= 15 is 0 Å². The summed E-state index contributed by atoms with van der Waals surface area (Å²) < 4.78 is 10.1. The molecule has 1 atom stereocenters. The quantitative estimate of drug-likeness (QED) is 0.572. The summed E-state index contributed by atoms with van der Waals surface area (Å²) in [7, 11) is 1.66. The van der Waals surface area contributed by atoms with Crippen molar-refractivity contribution in [2.24, 2.45) is 0 Å². The van der Waals surface area contributed by atoms with Gasteiger partial charge in [-0.05, 0) is 43.9 Å². The van der Waals surface area contributed by atoms with Gasteiger partial charge < -0.3 is 9.47 Å². The summed E-state index contributed by atoms with van der Waals surface area (Å²) in [5.41, 5.74) is 1.22. The van der Waals surface area contributed by atoms with E-state index in [-0.39, 0.29) is 10.8 Å². The Hall–Kier alpha value is -1.03. The molecular formula is C14H19BrO3. The van der Waals surface area contributed by atoms with E-state index in [1.165, 1.54) is 5.56 Å². The molecule has 0 saturated carbocycles. The van der Waals surface area contributed by atoms with Gasteiger partial charge in [-0.15, -0.1) is 0 Å². The van der Waals surface area contributed by atoms with Crippen LogP contribution in [-0.4, -0.2) is 24.5 Å². The molecule has 0 fully saturated rings. The van der Waals surface area contributed by atoms with Crippen LogP contribution in [0.4, 0.5) is 0 Å². The minimum Gasteiger partial charge on any atom is -0.497 e. The van der Waals surface area contributed by atoms with E-state index in [2.05, 4.69) is 22.0 Å². The highest BCUT2D eigenvalue weighted by molar-refractivity contribution is 9.10. The zero-order valence-electron chi connectivity index (χ0n) is 10.8. The van der Waals surface area contributed by atoms with Gasteiger partial charge in [0.25, 0.3) is 0 Å². The maximum Gasteiger partial charge on any atom is 0.319 e. The summed E-state index contributed by atoms with van der Waals surface area (Å²) in [6.07, 6.45) is 2.64. The minimum atomic E-state index is -0.206. The Morgan fingerprint density at radius 3 is 2.89 bits per heavy atom. The van der Waals surface area contributed by atoms with Gasteiger partial charge in [0.15, 0.2) is 0 Å². The highest BCUT2D eigenvalue weighted by Gasteiger charge is 2.15. The SMILES string of the molecule is CCOC(=O)C(Br)CCCc1cccc(OC)c1. The predicted octanol–water partition coefficient (Wildman–Crippen LogP) is 3.34. The first-order chi connectivity index (χ1) is 8.67. The number of carbonyl (C=O) groups is 1. The normalized spacial score (nSPS) is 11.9. The summed E-state index contributed by atoms with van der Waals surface area (Å²) in [4.78, 5) is 11.2. The maximum atomic E-state index is 11.4. The fourth-order valence-electron chi connectivity index (χ4n) is 1.66. The van der Waals surface area contributed by atoms with Gasteiger partial charge >= 0.3 is 5.97 Å². The van der Waals surface area contributed by atoms with Gasteiger partial charge in [-0.3, -0.25) is 4.79 Å². The second kappa shape index (κ2) is 8.14. The zero-order chi connectivity index (χ0) is 13.4. The molecular weight excluding hydrogens is 296 g/mol. The maximum absolute atomic E-state index is 11.4. The topological polar surface area (TPSA) is 35.5 Å². The molecule has 0 aromatic heterocycles. The number of alkyl halides is 1. The van der Waals surface area contributed by atoms with Crippen LogP contribution in [0.3, 0.4) is 0 Å². The van der Waals surface area contributed by atoms with Crippen molar-refractivity contribution in [3.63, 3.8) is 0 Å². The van der Waals surface area contributed by atoms with Crippen LogP contribution in [0.15, 0.2) is 24.3 Å². The average molecular weight is 315 g/mol. The Morgan fingerprint density at radius 1 is 1.44 bits per heavy atom. The van der Waals surface area contributed by atoms with Crippen LogP contribution in [0.5, 0.6) is 5.75 Å². The monoisotopic (exact) mass is 314 g/mol. The lowest BCUT2D eigenvalue weighted by molar-refractivity contribution is -0.142. The number of carbonyl (C=O) groups excluding carboxylic acids is 1. The molecule has 0 spiro atoms. The zero-order valence-corrected chi connectivity index (χ0v) is 12.4. The third-order valence-corrected chi connectivity index (χ3v) is 3.43. The molecule has 4 heteroatoms. The molecule has 0 aliphatic carbocycles. The average Bonchev–Trinajstić information content (AvgIpc) is 2.39. The highest BCUT2D eigenvalue weighted by Crippen LogP contribution is 2.17. The van der Waals surface area contributed by atoms with Crippen molar-refractivity contribution in [1.82, 2.24) is 0 Å². The van der Waals surface area contributed by atoms with Gasteiger partial charge in [0.1, 0.15) is 10.6 Å². The third-order valence-electron chi connectivity index (χ3n) is 2.60. The van der Waals surface area contributed by atoms with Crippen molar-refractivity contribution in [3.05, 3.63) is 29.8 Å². The number of benzene rings is 1. The molecule has 0 aliphatic heterocycles. The highest BCUT2D eigenvalue weighted by atomic mass is 79.9. The van der Waals surface area contributed by atoms with E-state index in [9.17, 15) is 4.79 Å². The second-order valence-electron chi connectivity index (χ2n) is 3.96. The van der Waals surface area contributed by atoms with E-state index < -0.39 is 0 Å². The van der Waals surface area contributed by atoms with Crippen LogP contribution < -0.4 is 4.74 Å². The van der Waals surface area contributed by atoms with Gasteiger partial charge in [0, 0.05) is 0 Å². The molecule has 0 N–H and O–H groups in total. The number of methoxy groups -OCH3 is 1. The number of halogens is 1. The fourth-order valence-corrected chi connectivity index (χ4v) is 2.12. The summed E-state index contributed by atoms with van der Waals surface area (Å²) in [6, 6.07) is 7.99. The second-order valence-corrected chi connectivity index (χ2v) is 5.07. The van der Waals surface area contributed by atoms with E-state index in [0.29, 0.717) is 6.61 Å². The molecule has 1 aromatic rings. The predicted molar refractivity (Wildman–Crippen MR) is 75.3 cm³/mol. The molecule has 1 unspecified atom stereocenters. The summed E-state index contributed by atoms with van der Waals surface area (Å²) in [5.74, 6) is 0.691. The molecule has 0 amide bonds. The standard InChI is InChI=1S/C14H19BrO3/c1-3-18-14(16)13(15)9-5-7-11-6-4-8-12(10-11)17-2/h4,6,8,10,13H,3,5,7,9H2,1-2H3. The molecule has 0 bridgehead atoms. The van der Waals surface area contributed by atoms with E-state index in [0.717, 1.165) is 25.0 Å². The summed E-state index contributed by atoms with van der Waals surface area (Å²) >= 11 is 3.35. The first-order valence-corrected chi connectivity index (χ1v) is 7.02. The van der Waals surface area contributed by atoms with Crippen molar-refractivity contribution in [2.75, 3.05) is 13.7 Å². The number of hydrogen-bond acceptors (Lipinski definition) is 3. The van der Waals surface area contributed by atoms with Gasteiger partial charge in [-0.1, -0.05) is 28.1 Å². The molecule has 18 heavy (non-hydrogen) atoms. The van der Waals surface area contributed by atoms with Gasteiger partial charge in [-0.2, -0.15) is 0 Å². The van der Waals surface area contributed by atoms with Crippen LogP contribution in [-0.2, 0) is 16.0 Å². The Bertz CT molecular complexity index is 379. The first-order valence-electron chi connectivity index (χ1n) is 6.11. The Morgan fingerprint density at radius 2 is 2.22 bits per heavy atom. The molecule has 0 radical (unpaired) electrons. The lowest BCUT2D eigenvalue weighted by atomic mass is 10.1. The molecule has 3 nitrogen and oxygen atoms in total. The Balaban J connectivity index is 2.34. The van der Waals surface area contributed by atoms with Gasteiger partial charge in [-0.25, -0.2) is 0 Å². The van der Waals surface area contributed by atoms with E-state index in [1.54, 1.807) is 7.11 Å². The fraction of sp³-hybridized carbons (Fsp3) is 0.500. The number of ether oxygens (including phenoxy) is 2. The van der Waals surface area contributed by atoms with Crippen LogP contribution in [0.2, 0.25) is 0 Å². The van der Waals surface area contributed by atoms with E-state index in [1.807, 2.05) is 25.1 Å². The molecule has 1 aromatic carbocycles. The van der Waals surface area contributed by atoms with Crippen molar-refractivity contribution in [3.8, 4) is 5.75 Å². The third kappa shape index (κ3) is 5.08. The molecule has 100 valence electrons. The van der Waals surface area contributed by atoms with Gasteiger partial charge in [0.05, 0.1) is 13.7 Å². The number of rotatable bonds is 7. The molecule has 1 rings (SSSR count). The van der Waals surface area contributed by atoms with Crippen LogP contribution >= 0.6 is 15.9 Å². The lowest BCUT2D eigenvalue weighted by Gasteiger charge is -2.09. The smallest absolute Gasteiger partial charge is 0.319 e. The molecule has 0 heterocycles. The van der Waals surface area contributed by atoms with Crippen molar-refractivity contribution in [1.29, 1.82) is 0 Å². The Labute approximate surface area is 117 Å². The van der Waals surface area contributed by atoms with E-state index in [4.69, 9.17) is 9.47 Å².